The van der Waals surface area contributed by atoms with E-state index in [1.54, 1.807) is 19.1 Å². The minimum atomic E-state index is -3.91. The summed E-state index contributed by atoms with van der Waals surface area (Å²) in [5.41, 5.74) is 1.27. The molecular formula is C19H16Cl2FN3O3S. The van der Waals surface area contributed by atoms with Crippen LogP contribution in [0.25, 0.3) is 11.3 Å². The maximum Gasteiger partial charge on any atom is 0.266 e. The SMILES string of the molecule is Cc1cc(S(=O)(=O)NCCn2nc(-c3ccc(F)cc3)ccc2=O)c(Cl)cc1Cl. The molecule has 0 aliphatic heterocycles. The van der Waals surface area contributed by atoms with Gasteiger partial charge in [-0.1, -0.05) is 23.2 Å². The molecule has 0 aliphatic carbocycles. The van der Waals surface area contributed by atoms with Crippen LogP contribution in [0.3, 0.4) is 0 Å². The van der Waals surface area contributed by atoms with Gasteiger partial charge in [-0.2, -0.15) is 5.10 Å². The van der Waals surface area contributed by atoms with E-state index in [9.17, 15) is 17.6 Å². The topological polar surface area (TPSA) is 81.1 Å². The molecule has 10 heteroatoms. The highest BCUT2D eigenvalue weighted by molar-refractivity contribution is 7.89. The molecular weight excluding hydrogens is 440 g/mol. The Labute approximate surface area is 177 Å². The van der Waals surface area contributed by atoms with Crippen molar-refractivity contribution in [3.8, 4) is 11.3 Å². The second-order valence-electron chi connectivity index (χ2n) is 6.22. The van der Waals surface area contributed by atoms with E-state index in [1.165, 1.54) is 36.4 Å². The van der Waals surface area contributed by atoms with E-state index >= 15 is 0 Å². The van der Waals surface area contributed by atoms with Crippen molar-refractivity contribution in [2.24, 2.45) is 0 Å². The van der Waals surface area contributed by atoms with Crippen LogP contribution >= 0.6 is 23.2 Å². The Hall–Kier alpha value is -2.26. The van der Waals surface area contributed by atoms with Gasteiger partial charge in [0, 0.05) is 23.2 Å². The molecule has 1 N–H and O–H groups in total. The van der Waals surface area contributed by atoms with Gasteiger partial charge in [-0.3, -0.25) is 4.79 Å². The van der Waals surface area contributed by atoms with E-state index in [2.05, 4.69) is 9.82 Å². The number of hydrogen-bond acceptors (Lipinski definition) is 4. The number of rotatable bonds is 6. The highest BCUT2D eigenvalue weighted by Gasteiger charge is 2.19. The van der Waals surface area contributed by atoms with Crippen molar-refractivity contribution < 1.29 is 12.8 Å². The zero-order chi connectivity index (χ0) is 21.2. The molecule has 152 valence electrons. The Kier molecular flexibility index (Phi) is 6.38. The molecule has 0 bridgehead atoms. The predicted octanol–water partition coefficient (Wildman–Crippen LogP) is 3.64. The summed E-state index contributed by atoms with van der Waals surface area (Å²) in [5.74, 6) is -0.382. The van der Waals surface area contributed by atoms with Crippen LogP contribution in [0, 0.1) is 12.7 Å². The molecule has 0 aliphatic rings. The summed E-state index contributed by atoms with van der Waals surface area (Å²) in [5, 5.41) is 4.58. The Morgan fingerprint density at radius 3 is 2.45 bits per heavy atom. The molecule has 6 nitrogen and oxygen atoms in total. The molecule has 1 aromatic heterocycles. The van der Waals surface area contributed by atoms with Gasteiger partial charge in [0.1, 0.15) is 10.7 Å². The predicted molar refractivity (Wildman–Crippen MR) is 110 cm³/mol. The van der Waals surface area contributed by atoms with Gasteiger partial charge in [0.05, 0.1) is 17.3 Å². The number of benzene rings is 2. The number of hydrogen-bond donors (Lipinski definition) is 1. The lowest BCUT2D eigenvalue weighted by Gasteiger charge is -2.11. The van der Waals surface area contributed by atoms with Crippen LogP contribution in [-0.4, -0.2) is 24.7 Å². The van der Waals surface area contributed by atoms with E-state index < -0.39 is 15.6 Å². The van der Waals surface area contributed by atoms with Crippen LogP contribution in [0.2, 0.25) is 10.0 Å². The van der Waals surface area contributed by atoms with Crippen molar-refractivity contribution in [1.82, 2.24) is 14.5 Å². The lowest BCUT2D eigenvalue weighted by molar-refractivity contribution is 0.548. The fraction of sp³-hybridized carbons (Fsp3) is 0.158. The first-order valence-electron chi connectivity index (χ1n) is 8.47. The van der Waals surface area contributed by atoms with Crippen LogP contribution in [0.5, 0.6) is 0 Å². The zero-order valence-corrected chi connectivity index (χ0v) is 17.5. The average Bonchev–Trinajstić information content (AvgIpc) is 2.66. The lowest BCUT2D eigenvalue weighted by atomic mass is 10.1. The van der Waals surface area contributed by atoms with Crippen molar-refractivity contribution in [1.29, 1.82) is 0 Å². The smallest absolute Gasteiger partial charge is 0.266 e. The second kappa shape index (κ2) is 8.62. The van der Waals surface area contributed by atoms with E-state index in [0.29, 0.717) is 21.8 Å². The Morgan fingerprint density at radius 2 is 1.76 bits per heavy atom. The van der Waals surface area contributed by atoms with Crippen molar-refractivity contribution in [2.75, 3.05) is 6.54 Å². The van der Waals surface area contributed by atoms with Gasteiger partial charge in [0.25, 0.3) is 5.56 Å². The molecule has 0 radical (unpaired) electrons. The summed E-state index contributed by atoms with van der Waals surface area (Å²) in [6.07, 6.45) is 0. The van der Waals surface area contributed by atoms with Gasteiger partial charge in [-0.25, -0.2) is 22.2 Å². The molecule has 0 saturated heterocycles. The molecule has 2 aromatic carbocycles. The molecule has 3 aromatic rings. The highest BCUT2D eigenvalue weighted by Crippen LogP contribution is 2.28. The van der Waals surface area contributed by atoms with Gasteiger partial charge in [0.2, 0.25) is 10.0 Å². The van der Waals surface area contributed by atoms with Gasteiger partial charge >= 0.3 is 0 Å². The first-order valence-corrected chi connectivity index (χ1v) is 10.7. The fourth-order valence-electron chi connectivity index (χ4n) is 2.58. The van der Waals surface area contributed by atoms with Crippen LogP contribution < -0.4 is 10.3 Å². The van der Waals surface area contributed by atoms with Gasteiger partial charge in [-0.15, -0.1) is 0 Å². The number of nitrogens with zero attached hydrogens (tertiary/aromatic N) is 2. The minimum absolute atomic E-state index is 0.00157. The van der Waals surface area contributed by atoms with Crippen LogP contribution in [-0.2, 0) is 16.6 Å². The summed E-state index contributed by atoms with van der Waals surface area (Å²) < 4.78 is 41.7. The molecule has 0 fully saturated rings. The number of halogens is 3. The van der Waals surface area contributed by atoms with Crippen LogP contribution in [0.15, 0.2) is 58.2 Å². The zero-order valence-electron chi connectivity index (χ0n) is 15.2. The van der Waals surface area contributed by atoms with Crippen LogP contribution in [0.4, 0.5) is 4.39 Å². The summed E-state index contributed by atoms with van der Waals surface area (Å²) >= 11 is 12.0. The summed E-state index contributed by atoms with van der Waals surface area (Å²) in [6.45, 7) is 1.58. The van der Waals surface area contributed by atoms with E-state index in [4.69, 9.17) is 23.2 Å². The molecule has 29 heavy (non-hydrogen) atoms. The number of aryl methyl sites for hydroxylation is 1. The molecule has 0 saturated carbocycles. The van der Waals surface area contributed by atoms with Crippen LogP contribution in [0.1, 0.15) is 5.56 Å². The first-order chi connectivity index (χ1) is 13.7. The lowest BCUT2D eigenvalue weighted by Crippen LogP contribution is -2.32. The fourth-order valence-corrected chi connectivity index (χ4v) is 4.44. The Bertz CT molecular complexity index is 1210. The molecule has 0 atom stereocenters. The van der Waals surface area contributed by atoms with E-state index in [0.717, 1.165) is 4.68 Å². The summed E-state index contributed by atoms with van der Waals surface area (Å²) in [4.78, 5) is 12.0. The molecule has 3 rings (SSSR count). The number of aromatic nitrogens is 2. The average molecular weight is 456 g/mol. The van der Waals surface area contributed by atoms with Crippen molar-refractivity contribution in [3.63, 3.8) is 0 Å². The van der Waals surface area contributed by atoms with Crippen molar-refractivity contribution in [3.05, 3.63) is 80.3 Å². The van der Waals surface area contributed by atoms with Gasteiger partial charge < -0.3 is 0 Å². The van der Waals surface area contributed by atoms with Gasteiger partial charge in [-0.05, 0) is 55.0 Å². The molecule has 0 unspecified atom stereocenters. The molecule has 1 heterocycles. The maximum absolute atomic E-state index is 13.1. The second-order valence-corrected chi connectivity index (χ2v) is 8.77. The van der Waals surface area contributed by atoms with E-state index in [1.807, 2.05) is 0 Å². The Balaban J connectivity index is 1.76. The molecule has 0 spiro atoms. The number of sulfonamides is 1. The highest BCUT2D eigenvalue weighted by atomic mass is 35.5. The third-order valence-electron chi connectivity index (χ3n) is 4.12. The summed E-state index contributed by atoms with van der Waals surface area (Å²) in [7, 11) is -3.91. The minimum Gasteiger partial charge on any atom is -0.268 e. The number of nitrogens with one attached hydrogen (secondary N) is 1. The first kappa shape index (κ1) is 21.4. The van der Waals surface area contributed by atoms with Crippen molar-refractivity contribution in [2.45, 2.75) is 18.4 Å². The van der Waals surface area contributed by atoms with E-state index in [-0.39, 0.29) is 28.8 Å². The maximum atomic E-state index is 13.1. The third kappa shape index (κ3) is 5.02. The normalized spacial score (nSPS) is 11.6. The third-order valence-corrected chi connectivity index (χ3v) is 6.46. The molecule has 0 amide bonds. The quantitative estimate of drug-likeness (QED) is 0.614. The van der Waals surface area contributed by atoms with Crippen molar-refractivity contribution >= 4 is 33.2 Å². The standard InChI is InChI=1S/C19H16Cl2FN3O3S/c1-12-10-18(16(21)11-15(12)20)29(27,28)23-8-9-25-19(26)7-6-17(24-25)13-2-4-14(22)5-3-13/h2-7,10-11,23H,8-9H2,1H3. The summed E-state index contributed by atoms with van der Waals surface area (Å²) in [6, 6.07) is 11.3. The largest absolute Gasteiger partial charge is 0.268 e. The van der Waals surface area contributed by atoms with Gasteiger partial charge in [0.15, 0.2) is 0 Å². The Morgan fingerprint density at radius 1 is 1.07 bits per heavy atom. The monoisotopic (exact) mass is 455 g/mol.